The van der Waals surface area contributed by atoms with E-state index in [4.69, 9.17) is 14.2 Å². The fourth-order valence-electron chi connectivity index (χ4n) is 5.30. The monoisotopic (exact) mass is 552 g/mol. The summed E-state index contributed by atoms with van der Waals surface area (Å²) in [5.41, 5.74) is 2.66. The van der Waals surface area contributed by atoms with E-state index >= 15 is 0 Å². The van der Waals surface area contributed by atoms with Gasteiger partial charge in [-0.2, -0.15) is 0 Å². The van der Waals surface area contributed by atoms with Crippen LogP contribution in [0.1, 0.15) is 30.4 Å². The molecule has 0 atom stereocenters. The van der Waals surface area contributed by atoms with Crippen LogP contribution in [-0.4, -0.2) is 125 Å². The molecular formula is C33H52N4O3. The fraction of sp³-hybridized carbons (Fsp3) is 0.636. The Morgan fingerprint density at radius 3 is 1.82 bits per heavy atom. The van der Waals surface area contributed by atoms with Crippen LogP contribution in [0, 0.1) is 6.92 Å². The summed E-state index contributed by atoms with van der Waals surface area (Å²) in [5, 5.41) is 0. The molecule has 2 aliphatic rings. The molecule has 2 heterocycles. The molecule has 0 aliphatic carbocycles. The van der Waals surface area contributed by atoms with Crippen LogP contribution in [-0.2, 0) is 11.2 Å². The van der Waals surface area contributed by atoms with Crippen molar-refractivity contribution < 1.29 is 14.2 Å². The van der Waals surface area contributed by atoms with Crippen LogP contribution in [0.3, 0.4) is 0 Å². The Morgan fingerprint density at radius 1 is 0.550 bits per heavy atom. The first-order valence-electron chi connectivity index (χ1n) is 15.5. The summed E-state index contributed by atoms with van der Waals surface area (Å²) in [6.45, 7) is 17.6. The van der Waals surface area contributed by atoms with Gasteiger partial charge in [0.2, 0.25) is 0 Å². The van der Waals surface area contributed by atoms with E-state index in [0.717, 1.165) is 76.8 Å². The van der Waals surface area contributed by atoms with Gasteiger partial charge >= 0.3 is 0 Å². The number of aryl methyl sites for hydroxylation is 1. The van der Waals surface area contributed by atoms with Gasteiger partial charge in [-0.1, -0.05) is 29.8 Å². The number of benzene rings is 2. The van der Waals surface area contributed by atoms with E-state index in [-0.39, 0.29) is 0 Å². The van der Waals surface area contributed by atoms with E-state index in [9.17, 15) is 0 Å². The molecule has 2 fully saturated rings. The highest BCUT2D eigenvalue weighted by Crippen LogP contribution is 2.14. The van der Waals surface area contributed by atoms with Gasteiger partial charge in [0.25, 0.3) is 0 Å². The van der Waals surface area contributed by atoms with E-state index in [1.54, 1.807) is 0 Å². The molecule has 0 spiro atoms. The van der Waals surface area contributed by atoms with Gasteiger partial charge in [0.1, 0.15) is 18.1 Å². The van der Waals surface area contributed by atoms with Crippen molar-refractivity contribution in [3.63, 3.8) is 0 Å². The fourth-order valence-corrected chi connectivity index (χ4v) is 5.30. The molecule has 7 heteroatoms. The predicted molar refractivity (Wildman–Crippen MR) is 164 cm³/mol. The predicted octanol–water partition coefficient (Wildman–Crippen LogP) is 4.05. The van der Waals surface area contributed by atoms with Crippen molar-refractivity contribution >= 4 is 0 Å². The van der Waals surface area contributed by atoms with Gasteiger partial charge in [0.15, 0.2) is 0 Å². The average Bonchev–Trinajstić information content (AvgIpc) is 2.98. The molecule has 0 aromatic heterocycles. The molecule has 0 amide bonds. The average molecular weight is 553 g/mol. The first-order chi connectivity index (χ1) is 19.6. The number of unbranched alkanes of at least 4 members (excludes halogenated alkanes) is 2. The topological polar surface area (TPSA) is 40.7 Å². The van der Waals surface area contributed by atoms with Crippen LogP contribution < -0.4 is 9.47 Å². The SMILES string of the molecule is Cc1ccc(OCCCCCN2CCN(CCc3ccc(OCCOCCN4CCN(C)CC4)cc3)CC2)cc1. The Hall–Kier alpha value is -2.16. The number of piperazine rings is 2. The van der Waals surface area contributed by atoms with Crippen molar-refractivity contribution in [1.82, 2.24) is 19.6 Å². The second-order valence-corrected chi connectivity index (χ2v) is 11.4. The Morgan fingerprint density at radius 2 is 1.12 bits per heavy atom. The molecule has 4 rings (SSSR count). The molecule has 0 saturated carbocycles. The lowest BCUT2D eigenvalue weighted by molar-refractivity contribution is 0.0658. The largest absolute Gasteiger partial charge is 0.494 e. The number of ether oxygens (including phenoxy) is 3. The van der Waals surface area contributed by atoms with E-state index in [1.807, 2.05) is 0 Å². The van der Waals surface area contributed by atoms with Gasteiger partial charge in [-0.05, 0) is 76.0 Å². The number of nitrogens with zero attached hydrogens (tertiary/aromatic N) is 4. The first-order valence-corrected chi connectivity index (χ1v) is 15.5. The van der Waals surface area contributed by atoms with Crippen molar-refractivity contribution in [2.24, 2.45) is 0 Å². The molecular weight excluding hydrogens is 500 g/mol. The molecule has 40 heavy (non-hydrogen) atoms. The number of hydrogen-bond donors (Lipinski definition) is 0. The summed E-state index contributed by atoms with van der Waals surface area (Å²) in [5.74, 6) is 1.92. The molecule has 2 aliphatic heterocycles. The van der Waals surface area contributed by atoms with Crippen LogP contribution in [0.25, 0.3) is 0 Å². The second-order valence-electron chi connectivity index (χ2n) is 11.4. The molecule has 0 radical (unpaired) electrons. The highest BCUT2D eigenvalue weighted by molar-refractivity contribution is 5.27. The maximum Gasteiger partial charge on any atom is 0.119 e. The smallest absolute Gasteiger partial charge is 0.119 e. The van der Waals surface area contributed by atoms with Crippen molar-refractivity contribution in [3.8, 4) is 11.5 Å². The molecule has 0 bridgehead atoms. The Balaban J connectivity index is 0.971. The van der Waals surface area contributed by atoms with Crippen LogP contribution in [0.5, 0.6) is 11.5 Å². The van der Waals surface area contributed by atoms with Crippen molar-refractivity contribution in [2.45, 2.75) is 32.6 Å². The summed E-state index contributed by atoms with van der Waals surface area (Å²) in [6, 6.07) is 17.0. The normalized spacial score (nSPS) is 17.8. The number of rotatable bonds is 17. The molecule has 0 N–H and O–H groups in total. The Bertz CT molecular complexity index is 924. The van der Waals surface area contributed by atoms with E-state index in [0.29, 0.717) is 13.2 Å². The van der Waals surface area contributed by atoms with Gasteiger partial charge in [0, 0.05) is 65.4 Å². The van der Waals surface area contributed by atoms with E-state index in [1.165, 1.54) is 56.7 Å². The van der Waals surface area contributed by atoms with Crippen molar-refractivity contribution in [2.75, 3.05) is 105 Å². The highest BCUT2D eigenvalue weighted by atomic mass is 16.5. The maximum absolute atomic E-state index is 5.88. The molecule has 2 aromatic rings. The minimum atomic E-state index is 0.605. The van der Waals surface area contributed by atoms with Crippen molar-refractivity contribution in [3.05, 3.63) is 59.7 Å². The number of hydrogen-bond acceptors (Lipinski definition) is 7. The molecule has 2 saturated heterocycles. The van der Waals surface area contributed by atoms with Gasteiger partial charge in [-0.3, -0.25) is 4.90 Å². The van der Waals surface area contributed by atoms with Crippen molar-refractivity contribution in [1.29, 1.82) is 0 Å². The third kappa shape index (κ3) is 11.8. The highest BCUT2D eigenvalue weighted by Gasteiger charge is 2.16. The van der Waals surface area contributed by atoms with Gasteiger partial charge in [-0.25, -0.2) is 0 Å². The van der Waals surface area contributed by atoms with E-state index in [2.05, 4.69) is 82.1 Å². The molecule has 7 nitrogen and oxygen atoms in total. The van der Waals surface area contributed by atoms with Crippen LogP contribution in [0.2, 0.25) is 0 Å². The second kappa shape index (κ2) is 17.6. The molecule has 0 unspecified atom stereocenters. The third-order valence-electron chi connectivity index (χ3n) is 8.16. The van der Waals surface area contributed by atoms with Crippen LogP contribution in [0.4, 0.5) is 0 Å². The first kappa shape index (κ1) is 30.8. The maximum atomic E-state index is 5.88. The zero-order valence-corrected chi connectivity index (χ0v) is 25.1. The zero-order valence-electron chi connectivity index (χ0n) is 25.1. The Labute approximate surface area is 243 Å². The summed E-state index contributed by atoms with van der Waals surface area (Å²) in [4.78, 5) is 10.1. The quantitative estimate of drug-likeness (QED) is 0.274. The number of likely N-dealkylation sites (N-methyl/N-ethyl adjacent to an activating group) is 1. The third-order valence-corrected chi connectivity index (χ3v) is 8.16. The summed E-state index contributed by atoms with van der Waals surface area (Å²) >= 11 is 0. The lowest BCUT2D eigenvalue weighted by Gasteiger charge is -2.34. The molecule has 222 valence electrons. The van der Waals surface area contributed by atoms with Crippen LogP contribution >= 0.6 is 0 Å². The molecule has 2 aromatic carbocycles. The minimum absolute atomic E-state index is 0.605. The van der Waals surface area contributed by atoms with E-state index < -0.39 is 0 Å². The standard InChI is InChI=1S/C33H52N4O3/c1-30-6-10-32(11-7-30)39-26-5-3-4-15-35-21-23-36(24-22-35)16-14-31-8-12-33(13-9-31)40-29-28-38-27-25-37-19-17-34(2)18-20-37/h6-13H,3-5,14-29H2,1-2H3. The lowest BCUT2D eigenvalue weighted by Crippen LogP contribution is -2.47. The zero-order chi connectivity index (χ0) is 27.8. The minimum Gasteiger partial charge on any atom is -0.494 e. The van der Waals surface area contributed by atoms with Gasteiger partial charge in [-0.15, -0.1) is 0 Å². The Kier molecular flexibility index (Phi) is 13.6. The summed E-state index contributed by atoms with van der Waals surface area (Å²) in [7, 11) is 2.19. The summed E-state index contributed by atoms with van der Waals surface area (Å²) in [6.07, 6.45) is 4.71. The van der Waals surface area contributed by atoms with Gasteiger partial charge < -0.3 is 28.9 Å². The lowest BCUT2D eigenvalue weighted by atomic mass is 10.1. The van der Waals surface area contributed by atoms with Gasteiger partial charge in [0.05, 0.1) is 19.8 Å². The van der Waals surface area contributed by atoms with Crippen LogP contribution in [0.15, 0.2) is 48.5 Å². The summed E-state index contributed by atoms with van der Waals surface area (Å²) < 4.78 is 17.5.